The Bertz CT molecular complexity index is 198. The van der Waals surface area contributed by atoms with Crippen molar-refractivity contribution >= 4 is 8.72 Å². The first-order valence-electron chi connectivity index (χ1n) is 8.11. The molecule has 0 saturated carbocycles. The fourth-order valence-corrected chi connectivity index (χ4v) is 6.07. The molecule has 0 spiro atoms. The van der Waals surface area contributed by atoms with Gasteiger partial charge in [-0.2, -0.15) is 0 Å². The topological polar surface area (TPSA) is 21.7 Å². The Kier molecular flexibility index (Phi) is 10.9. The van der Waals surface area contributed by atoms with Crippen molar-refractivity contribution in [2.75, 3.05) is 26.3 Å². The van der Waals surface area contributed by atoms with Gasteiger partial charge in [-0.05, 0) is 39.8 Å². The van der Waals surface area contributed by atoms with E-state index in [2.05, 4.69) is 46.1 Å². The third kappa shape index (κ3) is 5.94. The smallest absolute Gasteiger partial charge is 0.383 e. The molecule has 19 heavy (non-hydrogen) atoms. The average molecular weight is 290 g/mol. The van der Waals surface area contributed by atoms with Gasteiger partial charge in [0.15, 0.2) is 0 Å². The summed E-state index contributed by atoms with van der Waals surface area (Å²) in [5.41, 5.74) is 0.459. The van der Waals surface area contributed by atoms with E-state index in [0.717, 1.165) is 26.3 Å². The van der Waals surface area contributed by atoms with Crippen LogP contribution in [0.15, 0.2) is 0 Å². The van der Waals surface area contributed by atoms with Gasteiger partial charge >= 0.3 is 8.72 Å². The van der Waals surface area contributed by atoms with Gasteiger partial charge in [0, 0.05) is 18.8 Å². The lowest BCUT2D eigenvalue weighted by Gasteiger charge is -2.42. The van der Waals surface area contributed by atoms with Crippen LogP contribution < -0.4 is 0 Å². The number of hydrogen-bond donors (Lipinski definition) is 0. The molecular formula is C15H35NO2Si. The van der Waals surface area contributed by atoms with Crippen molar-refractivity contribution < 1.29 is 8.85 Å². The summed E-state index contributed by atoms with van der Waals surface area (Å²) in [5, 5.41) is 0. The molecule has 0 aliphatic heterocycles. The largest absolute Gasteiger partial charge is 0.430 e. The molecule has 3 nitrogen and oxygen atoms in total. The van der Waals surface area contributed by atoms with Crippen LogP contribution in [0.4, 0.5) is 0 Å². The molecule has 0 amide bonds. The molecule has 0 aliphatic rings. The summed E-state index contributed by atoms with van der Waals surface area (Å²) in [6.45, 7) is 16.9. The molecule has 0 atom stereocenters. The lowest BCUT2D eigenvalue weighted by Crippen LogP contribution is -2.61. The van der Waals surface area contributed by atoms with E-state index in [-0.39, 0.29) is 0 Å². The minimum Gasteiger partial charge on any atom is -0.383 e. The molecule has 0 aromatic heterocycles. The highest BCUT2D eigenvalue weighted by atomic mass is 28.4. The minimum absolute atomic E-state index is 0.459. The van der Waals surface area contributed by atoms with E-state index in [0.29, 0.717) is 5.54 Å². The van der Waals surface area contributed by atoms with Crippen molar-refractivity contribution in [3.8, 4) is 0 Å². The molecule has 0 aliphatic carbocycles. The molecule has 116 valence electrons. The van der Waals surface area contributed by atoms with Crippen LogP contribution >= 0.6 is 0 Å². The Hall–Kier alpha value is 0.0969. The molecule has 0 heterocycles. The fraction of sp³-hybridized carbons (Fsp3) is 1.00. The number of hydrogen-bond acceptors (Lipinski definition) is 3. The zero-order chi connectivity index (χ0) is 14.7. The molecule has 0 radical (unpaired) electrons. The van der Waals surface area contributed by atoms with Gasteiger partial charge in [0.1, 0.15) is 0 Å². The molecule has 0 rings (SSSR count). The van der Waals surface area contributed by atoms with Gasteiger partial charge < -0.3 is 8.85 Å². The highest BCUT2D eigenvalue weighted by Crippen LogP contribution is 2.28. The highest BCUT2D eigenvalue weighted by molar-refractivity contribution is 6.66. The van der Waals surface area contributed by atoms with Gasteiger partial charge in [-0.15, -0.1) is 0 Å². The lowest BCUT2D eigenvalue weighted by molar-refractivity contribution is 0.110. The highest BCUT2D eigenvalue weighted by Gasteiger charge is 2.47. The fourth-order valence-electron chi connectivity index (χ4n) is 2.46. The molecule has 0 aromatic rings. The maximum atomic E-state index is 6.23. The molecule has 0 bridgehead atoms. The first kappa shape index (κ1) is 19.1. The van der Waals surface area contributed by atoms with Crippen LogP contribution in [-0.2, 0) is 8.85 Å². The van der Waals surface area contributed by atoms with Crippen molar-refractivity contribution in [1.29, 1.82) is 0 Å². The third-order valence-corrected chi connectivity index (χ3v) is 7.63. The second-order valence-corrected chi connectivity index (χ2v) is 8.97. The second-order valence-electron chi connectivity index (χ2n) is 5.35. The summed E-state index contributed by atoms with van der Waals surface area (Å²) in [7, 11) is -2.24. The zero-order valence-corrected chi connectivity index (χ0v) is 15.0. The van der Waals surface area contributed by atoms with Gasteiger partial charge in [-0.25, -0.2) is 0 Å². The molecule has 0 fully saturated rings. The van der Waals surface area contributed by atoms with E-state index >= 15 is 0 Å². The van der Waals surface area contributed by atoms with Crippen LogP contribution in [-0.4, -0.2) is 39.6 Å². The van der Waals surface area contributed by atoms with Gasteiger partial charge in [-0.3, -0.25) is 4.57 Å². The van der Waals surface area contributed by atoms with Crippen molar-refractivity contribution in [3.05, 3.63) is 0 Å². The van der Waals surface area contributed by atoms with Gasteiger partial charge in [0.2, 0.25) is 0 Å². The summed E-state index contributed by atoms with van der Waals surface area (Å²) < 4.78 is 15.0. The van der Waals surface area contributed by atoms with Crippen LogP contribution in [0.25, 0.3) is 0 Å². The summed E-state index contributed by atoms with van der Waals surface area (Å²) in [5.74, 6) is 0. The Morgan fingerprint density at radius 3 is 1.53 bits per heavy atom. The predicted octanol–water partition coefficient (Wildman–Crippen LogP) is 4.31. The van der Waals surface area contributed by atoms with Crippen molar-refractivity contribution in [3.63, 3.8) is 0 Å². The van der Waals surface area contributed by atoms with Crippen molar-refractivity contribution in [1.82, 2.24) is 4.57 Å². The van der Waals surface area contributed by atoms with E-state index in [1.54, 1.807) is 0 Å². The monoisotopic (exact) mass is 289 g/mol. The van der Waals surface area contributed by atoms with E-state index < -0.39 is 8.72 Å². The Labute approximate surface area is 122 Å². The molecule has 4 heteroatoms. The molecule has 0 unspecified atom stereocenters. The Morgan fingerprint density at radius 1 is 0.842 bits per heavy atom. The first-order chi connectivity index (χ1) is 9.08. The van der Waals surface area contributed by atoms with Gasteiger partial charge in [-0.1, -0.05) is 40.5 Å². The lowest BCUT2D eigenvalue weighted by atomic mass is 10.3. The Balaban J connectivity index is 5.04. The summed E-state index contributed by atoms with van der Waals surface area (Å²) >= 11 is 0. The van der Waals surface area contributed by atoms with E-state index in [4.69, 9.17) is 8.85 Å². The van der Waals surface area contributed by atoms with Crippen LogP contribution in [0, 0.1) is 0 Å². The van der Waals surface area contributed by atoms with Crippen LogP contribution in [0.2, 0.25) is 5.54 Å². The Morgan fingerprint density at radius 2 is 1.26 bits per heavy atom. The average Bonchev–Trinajstić information content (AvgIpc) is 2.38. The maximum Gasteiger partial charge on any atom is 0.430 e. The van der Waals surface area contributed by atoms with Crippen LogP contribution in [0.3, 0.4) is 0 Å². The summed E-state index contributed by atoms with van der Waals surface area (Å²) in [6.07, 6.45) is 4.91. The second kappa shape index (κ2) is 10.8. The molecule has 0 N–H and O–H groups in total. The van der Waals surface area contributed by atoms with Crippen molar-refractivity contribution in [2.24, 2.45) is 0 Å². The maximum absolute atomic E-state index is 6.23. The van der Waals surface area contributed by atoms with Crippen LogP contribution in [0.1, 0.15) is 67.2 Å². The number of nitrogens with zero attached hydrogens (tertiary/aromatic N) is 1. The van der Waals surface area contributed by atoms with Gasteiger partial charge in [0.25, 0.3) is 0 Å². The summed E-state index contributed by atoms with van der Waals surface area (Å²) in [6, 6.07) is 0. The minimum atomic E-state index is -2.24. The normalized spacial score (nSPS) is 12.6. The molecule has 0 saturated heterocycles. The summed E-state index contributed by atoms with van der Waals surface area (Å²) in [4.78, 5) is 0. The standard InChI is InChI=1S/C15H35NO2Si/c1-7-11-13-16(14-12-8-2)19(15(5)6,17-9-3)18-10-4/h15H,7-14H2,1-6H3. The molecular weight excluding hydrogens is 254 g/mol. The molecule has 0 aromatic carbocycles. The third-order valence-electron chi connectivity index (χ3n) is 3.44. The predicted molar refractivity (Wildman–Crippen MR) is 85.5 cm³/mol. The zero-order valence-electron chi connectivity index (χ0n) is 14.0. The van der Waals surface area contributed by atoms with Crippen LogP contribution in [0.5, 0.6) is 0 Å². The van der Waals surface area contributed by atoms with E-state index in [1.807, 2.05) is 0 Å². The first-order valence-corrected chi connectivity index (χ1v) is 9.95. The quantitative estimate of drug-likeness (QED) is 0.500. The number of unbranched alkanes of at least 4 members (excludes halogenated alkanes) is 2. The van der Waals surface area contributed by atoms with E-state index in [1.165, 1.54) is 25.7 Å². The number of rotatable bonds is 12. The SMILES string of the molecule is CCCCN(CCCC)[Si](OCC)(OCC)C(C)C. The van der Waals surface area contributed by atoms with E-state index in [9.17, 15) is 0 Å². The van der Waals surface area contributed by atoms with Gasteiger partial charge in [0.05, 0.1) is 0 Å². The van der Waals surface area contributed by atoms with Crippen molar-refractivity contribution in [2.45, 2.75) is 72.8 Å².